The fourth-order valence-corrected chi connectivity index (χ4v) is 3.55. The second kappa shape index (κ2) is 7.99. The summed E-state index contributed by atoms with van der Waals surface area (Å²) < 4.78 is 5.80. The highest BCUT2D eigenvalue weighted by Crippen LogP contribution is 2.20. The van der Waals surface area contributed by atoms with Crippen LogP contribution in [-0.4, -0.2) is 54.2 Å². The van der Waals surface area contributed by atoms with E-state index in [-0.39, 0.29) is 23.6 Å². The van der Waals surface area contributed by atoms with Crippen LogP contribution in [0.1, 0.15) is 59.3 Å². The molecule has 1 aliphatic carbocycles. The SMILES string of the molecule is CC1CN(C(=O)NCCC(=O)NC2CCCCC2)CC(C)(C)O1. The third kappa shape index (κ3) is 6.01. The van der Waals surface area contributed by atoms with E-state index in [9.17, 15) is 9.59 Å². The first kappa shape index (κ1) is 18.0. The van der Waals surface area contributed by atoms with Crippen molar-refractivity contribution in [2.75, 3.05) is 19.6 Å². The number of carbonyl (C=O) groups is 2. The number of carbonyl (C=O) groups excluding carboxylic acids is 2. The van der Waals surface area contributed by atoms with Gasteiger partial charge < -0.3 is 20.3 Å². The van der Waals surface area contributed by atoms with Gasteiger partial charge in [-0.15, -0.1) is 0 Å². The quantitative estimate of drug-likeness (QED) is 0.831. The number of morpholine rings is 1. The van der Waals surface area contributed by atoms with Crippen molar-refractivity contribution in [3.05, 3.63) is 0 Å². The average molecular weight is 325 g/mol. The Morgan fingerprint density at radius 1 is 1.22 bits per heavy atom. The van der Waals surface area contributed by atoms with Gasteiger partial charge in [-0.1, -0.05) is 19.3 Å². The normalized spacial score (nSPS) is 25.0. The Hall–Kier alpha value is -1.30. The van der Waals surface area contributed by atoms with Crippen LogP contribution in [0.2, 0.25) is 0 Å². The van der Waals surface area contributed by atoms with Gasteiger partial charge in [0.2, 0.25) is 5.91 Å². The van der Waals surface area contributed by atoms with Crippen molar-refractivity contribution in [1.82, 2.24) is 15.5 Å². The molecule has 6 heteroatoms. The van der Waals surface area contributed by atoms with Crippen LogP contribution in [0.25, 0.3) is 0 Å². The van der Waals surface area contributed by atoms with Crippen LogP contribution < -0.4 is 10.6 Å². The van der Waals surface area contributed by atoms with Gasteiger partial charge in [-0.25, -0.2) is 4.79 Å². The van der Waals surface area contributed by atoms with E-state index in [1.165, 1.54) is 19.3 Å². The minimum Gasteiger partial charge on any atom is -0.369 e. The summed E-state index contributed by atoms with van der Waals surface area (Å²) in [5, 5.41) is 5.92. The molecule has 3 amide bonds. The molecule has 0 spiro atoms. The van der Waals surface area contributed by atoms with E-state index in [0.717, 1.165) is 12.8 Å². The van der Waals surface area contributed by atoms with E-state index in [1.54, 1.807) is 4.90 Å². The van der Waals surface area contributed by atoms with Crippen molar-refractivity contribution in [1.29, 1.82) is 0 Å². The molecule has 1 saturated heterocycles. The molecular formula is C17H31N3O3. The Kier molecular flexibility index (Phi) is 6.27. The standard InChI is InChI=1S/C17H31N3O3/c1-13-11-20(12-17(2,3)23-13)16(22)18-10-9-15(21)19-14-7-5-4-6-8-14/h13-14H,4-12H2,1-3H3,(H,18,22)(H,19,21). The number of nitrogens with zero attached hydrogens (tertiary/aromatic N) is 1. The first-order chi connectivity index (χ1) is 10.9. The van der Waals surface area contributed by atoms with Crippen molar-refractivity contribution in [3.8, 4) is 0 Å². The van der Waals surface area contributed by atoms with E-state index in [2.05, 4.69) is 10.6 Å². The maximum atomic E-state index is 12.2. The highest BCUT2D eigenvalue weighted by Gasteiger charge is 2.33. The fourth-order valence-electron chi connectivity index (χ4n) is 3.55. The van der Waals surface area contributed by atoms with Crippen LogP contribution in [0.15, 0.2) is 0 Å². The van der Waals surface area contributed by atoms with Gasteiger partial charge in [-0.3, -0.25) is 4.79 Å². The summed E-state index contributed by atoms with van der Waals surface area (Å²) in [7, 11) is 0. The van der Waals surface area contributed by atoms with Gasteiger partial charge >= 0.3 is 6.03 Å². The third-order valence-corrected chi connectivity index (χ3v) is 4.46. The lowest BCUT2D eigenvalue weighted by Gasteiger charge is -2.41. The van der Waals surface area contributed by atoms with Gasteiger partial charge in [0.25, 0.3) is 0 Å². The van der Waals surface area contributed by atoms with Crippen molar-refractivity contribution in [3.63, 3.8) is 0 Å². The van der Waals surface area contributed by atoms with Crippen LogP contribution in [0.5, 0.6) is 0 Å². The van der Waals surface area contributed by atoms with Gasteiger partial charge in [0.1, 0.15) is 0 Å². The number of urea groups is 1. The fraction of sp³-hybridized carbons (Fsp3) is 0.882. The molecule has 0 radical (unpaired) electrons. The molecule has 1 aliphatic heterocycles. The van der Waals surface area contributed by atoms with Gasteiger partial charge in [0, 0.05) is 25.6 Å². The van der Waals surface area contributed by atoms with Crippen LogP contribution >= 0.6 is 0 Å². The number of amides is 3. The Morgan fingerprint density at radius 3 is 2.57 bits per heavy atom. The highest BCUT2D eigenvalue weighted by atomic mass is 16.5. The highest BCUT2D eigenvalue weighted by molar-refractivity contribution is 5.78. The molecule has 23 heavy (non-hydrogen) atoms. The summed E-state index contributed by atoms with van der Waals surface area (Å²) in [5.74, 6) is 0.0351. The van der Waals surface area contributed by atoms with E-state index in [4.69, 9.17) is 4.74 Å². The molecule has 2 rings (SSSR count). The second-order valence-corrected chi connectivity index (χ2v) is 7.45. The number of hydrogen-bond donors (Lipinski definition) is 2. The van der Waals surface area contributed by atoms with Gasteiger partial charge in [0.15, 0.2) is 0 Å². The lowest BCUT2D eigenvalue weighted by molar-refractivity contribution is -0.122. The summed E-state index contributed by atoms with van der Waals surface area (Å²) in [4.78, 5) is 25.9. The van der Waals surface area contributed by atoms with Gasteiger partial charge in [-0.2, -0.15) is 0 Å². The number of hydrogen-bond acceptors (Lipinski definition) is 3. The molecule has 1 saturated carbocycles. The third-order valence-electron chi connectivity index (χ3n) is 4.46. The molecule has 1 unspecified atom stereocenters. The van der Waals surface area contributed by atoms with Crippen LogP contribution in [0.3, 0.4) is 0 Å². The first-order valence-corrected chi connectivity index (χ1v) is 8.86. The van der Waals surface area contributed by atoms with Gasteiger partial charge in [-0.05, 0) is 33.6 Å². The summed E-state index contributed by atoms with van der Waals surface area (Å²) in [5.41, 5.74) is -0.326. The molecule has 2 fully saturated rings. The number of ether oxygens (including phenoxy) is 1. The molecule has 0 bridgehead atoms. The number of rotatable bonds is 4. The average Bonchev–Trinajstić information content (AvgIpc) is 2.46. The molecule has 0 aromatic carbocycles. The lowest BCUT2D eigenvalue weighted by atomic mass is 9.95. The van der Waals surface area contributed by atoms with Crippen molar-refractivity contribution < 1.29 is 14.3 Å². The van der Waals surface area contributed by atoms with Crippen LogP contribution in [-0.2, 0) is 9.53 Å². The van der Waals surface area contributed by atoms with Crippen LogP contribution in [0, 0.1) is 0 Å². The molecule has 6 nitrogen and oxygen atoms in total. The summed E-state index contributed by atoms with van der Waals surface area (Å²) >= 11 is 0. The minimum absolute atomic E-state index is 0.0269. The predicted molar refractivity (Wildman–Crippen MR) is 89.2 cm³/mol. The van der Waals surface area contributed by atoms with Gasteiger partial charge in [0.05, 0.1) is 18.2 Å². The number of nitrogens with one attached hydrogen (secondary N) is 2. The maximum absolute atomic E-state index is 12.2. The van der Waals surface area contributed by atoms with E-state index < -0.39 is 0 Å². The zero-order chi connectivity index (χ0) is 16.9. The van der Waals surface area contributed by atoms with E-state index in [1.807, 2.05) is 20.8 Å². The maximum Gasteiger partial charge on any atom is 0.317 e. The molecule has 0 aromatic rings. The summed E-state index contributed by atoms with van der Waals surface area (Å²) in [6, 6.07) is 0.214. The Morgan fingerprint density at radius 2 is 1.91 bits per heavy atom. The van der Waals surface area contributed by atoms with Crippen molar-refractivity contribution in [2.45, 2.75) is 77.0 Å². The lowest BCUT2D eigenvalue weighted by Crippen LogP contribution is -2.56. The van der Waals surface area contributed by atoms with E-state index in [0.29, 0.717) is 32.1 Å². The van der Waals surface area contributed by atoms with E-state index >= 15 is 0 Å². The molecule has 132 valence electrons. The second-order valence-electron chi connectivity index (χ2n) is 7.45. The van der Waals surface area contributed by atoms with Crippen LogP contribution in [0.4, 0.5) is 4.79 Å². The monoisotopic (exact) mass is 325 g/mol. The minimum atomic E-state index is -0.326. The largest absolute Gasteiger partial charge is 0.369 e. The molecule has 0 aromatic heterocycles. The molecule has 2 N–H and O–H groups in total. The predicted octanol–water partition coefficient (Wildman–Crippen LogP) is 2.03. The molecule has 1 atom stereocenters. The topological polar surface area (TPSA) is 70.7 Å². The van der Waals surface area contributed by atoms with Crippen molar-refractivity contribution >= 4 is 11.9 Å². The summed E-state index contributed by atoms with van der Waals surface area (Å²) in [6.07, 6.45) is 6.21. The first-order valence-electron chi connectivity index (χ1n) is 8.86. The zero-order valence-electron chi connectivity index (χ0n) is 14.7. The molecule has 1 heterocycles. The smallest absolute Gasteiger partial charge is 0.317 e. The molecular weight excluding hydrogens is 294 g/mol. The Balaban J connectivity index is 1.66. The summed E-state index contributed by atoms with van der Waals surface area (Å²) in [6.45, 7) is 7.48. The Labute approximate surface area is 139 Å². The zero-order valence-corrected chi connectivity index (χ0v) is 14.7. The Bertz CT molecular complexity index is 419. The van der Waals surface area contributed by atoms with Crippen molar-refractivity contribution in [2.24, 2.45) is 0 Å². The molecule has 2 aliphatic rings.